The second kappa shape index (κ2) is 2.30. The molecule has 1 nitrogen and oxygen atoms in total. The summed E-state index contributed by atoms with van der Waals surface area (Å²) in [6, 6.07) is 8.85. The van der Waals surface area contributed by atoms with E-state index in [9.17, 15) is 0 Å². The summed E-state index contributed by atoms with van der Waals surface area (Å²) >= 11 is 0. The molecule has 0 N–H and O–H groups in total. The SMILES string of the molecule is CC(C)C12OC(c3ccccc31)C1CC12. The van der Waals surface area contributed by atoms with Crippen LogP contribution in [0.5, 0.6) is 0 Å². The minimum Gasteiger partial charge on any atom is -0.361 e. The summed E-state index contributed by atoms with van der Waals surface area (Å²) in [5.74, 6) is 2.25. The van der Waals surface area contributed by atoms with Crippen LogP contribution in [0.2, 0.25) is 0 Å². The Bertz CT molecular complexity index is 437. The second-order valence-electron chi connectivity index (χ2n) is 5.58. The molecule has 0 amide bonds. The highest BCUT2D eigenvalue weighted by Crippen LogP contribution is 2.73. The number of ether oxygens (including phenoxy) is 1. The molecular weight excluding hydrogens is 184 g/mol. The fourth-order valence-corrected chi connectivity index (χ4v) is 3.96. The lowest BCUT2D eigenvalue weighted by molar-refractivity contribution is -0.0830. The molecule has 3 aliphatic rings. The van der Waals surface area contributed by atoms with Gasteiger partial charge in [0.15, 0.2) is 0 Å². The Morgan fingerprint density at radius 1 is 1.33 bits per heavy atom. The Labute approximate surface area is 90.4 Å². The van der Waals surface area contributed by atoms with Crippen molar-refractivity contribution in [3.05, 3.63) is 35.4 Å². The summed E-state index contributed by atoms with van der Waals surface area (Å²) in [5, 5.41) is 0. The van der Waals surface area contributed by atoms with Gasteiger partial charge in [0.1, 0.15) is 0 Å². The molecule has 1 aromatic rings. The summed E-state index contributed by atoms with van der Waals surface area (Å²) in [6.45, 7) is 4.61. The third kappa shape index (κ3) is 0.740. The van der Waals surface area contributed by atoms with Crippen molar-refractivity contribution in [3.63, 3.8) is 0 Å². The van der Waals surface area contributed by atoms with Crippen molar-refractivity contribution in [2.24, 2.45) is 17.8 Å². The average molecular weight is 200 g/mol. The zero-order valence-corrected chi connectivity index (χ0v) is 9.23. The third-order valence-electron chi connectivity index (χ3n) is 4.65. The van der Waals surface area contributed by atoms with Crippen molar-refractivity contribution in [2.75, 3.05) is 0 Å². The lowest BCUT2D eigenvalue weighted by Gasteiger charge is -2.32. The molecule has 4 atom stereocenters. The Morgan fingerprint density at radius 3 is 2.93 bits per heavy atom. The standard InChI is InChI=1S/C14H16O/c1-8(2)14-11-6-4-3-5-9(11)13(15-14)10-7-12(10)14/h3-6,8,10,12-13H,7H2,1-2H3. The van der Waals surface area contributed by atoms with Crippen molar-refractivity contribution in [2.45, 2.75) is 32.0 Å². The van der Waals surface area contributed by atoms with Crippen LogP contribution in [-0.2, 0) is 10.3 Å². The van der Waals surface area contributed by atoms with E-state index in [-0.39, 0.29) is 5.60 Å². The Kier molecular flexibility index (Phi) is 1.28. The van der Waals surface area contributed by atoms with Gasteiger partial charge in [-0.25, -0.2) is 0 Å². The van der Waals surface area contributed by atoms with Gasteiger partial charge in [-0.3, -0.25) is 0 Å². The Morgan fingerprint density at radius 2 is 2.13 bits per heavy atom. The van der Waals surface area contributed by atoms with Gasteiger partial charge in [-0.15, -0.1) is 0 Å². The monoisotopic (exact) mass is 200 g/mol. The van der Waals surface area contributed by atoms with Crippen LogP contribution in [0, 0.1) is 17.8 Å². The molecule has 0 spiro atoms. The van der Waals surface area contributed by atoms with Crippen LogP contribution in [0.1, 0.15) is 37.5 Å². The number of hydrogen-bond donors (Lipinski definition) is 0. The van der Waals surface area contributed by atoms with Gasteiger partial charge in [-0.05, 0) is 35.3 Å². The molecule has 15 heavy (non-hydrogen) atoms. The molecule has 0 radical (unpaired) electrons. The van der Waals surface area contributed by atoms with Crippen LogP contribution in [-0.4, -0.2) is 0 Å². The minimum atomic E-state index is 0.0753. The first kappa shape index (κ1) is 8.35. The lowest BCUT2D eigenvalue weighted by Crippen LogP contribution is -2.32. The van der Waals surface area contributed by atoms with Crippen LogP contribution < -0.4 is 0 Å². The fraction of sp³-hybridized carbons (Fsp3) is 0.571. The minimum absolute atomic E-state index is 0.0753. The Balaban J connectivity index is 1.99. The zero-order valence-electron chi connectivity index (χ0n) is 9.23. The van der Waals surface area contributed by atoms with Crippen LogP contribution >= 0.6 is 0 Å². The number of fused-ring (bicyclic) bond motifs is 8. The van der Waals surface area contributed by atoms with E-state index in [1.807, 2.05) is 0 Å². The predicted molar refractivity (Wildman–Crippen MR) is 58.4 cm³/mol. The molecule has 0 aromatic heterocycles. The highest BCUT2D eigenvalue weighted by atomic mass is 16.5. The van der Waals surface area contributed by atoms with Gasteiger partial charge < -0.3 is 4.74 Å². The molecule has 78 valence electrons. The molecule has 1 saturated carbocycles. The first-order valence-corrected chi connectivity index (χ1v) is 6.02. The third-order valence-corrected chi connectivity index (χ3v) is 4.65. The van der Waals surface area contributed by atoms with Gasteiger partial charge in [-0.1, -0.05) is 38.1 Å². The van der Waals surface area contributed by atoms with Crippen molar-refractivity contribution >= 4 is 0 Å². The molecule has 1 heteroatoms. The van der Waals surface area contributed by atoms with Crippen molar-refractivity contribution in [1.82, 2.24) is 0 Å². The summed E-state index contributed by atoms with van der Waals surface area (Å²) < 4.78 is 6.35. The number of rotatable bonds is 1. The molecule has 1 aromatic carbocycles. The molecule has 4 unspecified atom stereocenters. The summed E-state index contributed by atoms with van der Waals surface area (Å²) in [4.78, 5) is 0. The van der Waals surface area contributed by atoms with E-state index in [4.69, 9.17) is 4.74 Å². The van der Waals surface area contributed by atoms with E-state index in [0.29, 0.717) is 12.0 Å². The number of benzene rings is 1. The predicted octanol–water partition coefficient (Wildman–Crippen LogP) is 3.26. The fourth-order valence-electron chi connectivity index (χ4n) is 3.96. The smallest absolute Gasteiger partial charge is 0.0997 e. The van der Waals surface area contributed by atoms with Gasteiger partial charge in [0, 0.05) is 0 Å². The Hall–Kier alpha value is -0.820. The van der Waals surface area contributed by atoms with Crippen LogP contribution in [0.15, 0.2) is 24.3 Å². The first-order valence-electron chi connectivity index (χ1n) is 6.02. The summed E-state index contributed by atoms with van der Waals surface area (Å²) in [6.07, 6.45) is 1.81. The zero-order chi connectivity index (χ0) is 10.2. The van der Waals surface area contributed by atoms with E-state index >= 15 is 0 Å². The van der Waals surface area contributed by atoms with Crippen LogP contribution in [0.4, 0.5) is 0 Å². The van der Waals surface area contributed by atoms with E-state index < -0.39 is 0 Å². The molecule has 2 heterocycles. The van der Waals surface area contributed by atoms with Gasteiger partial charge in [0.25, 0.3) is 0 Å². The second-order valence-corrected chi connectivity index (χ2v) is 5.58. The van der Waals surface area contributed by atoms with Gasteiger partial charge in [0.05, 0.1) is 11.7 Å². The molecule has 2 fully saturated rings. The molecule has 2 bridgehead atoms. The van der Waals surface area contributed by atoms with E-state index in [0.717, 1.165) is 11.8 Å². The van der Waals surface area contributed by atoms with Crippen molar-refractivity contribution in [3.8, 4) is 0 Å². The molecular formula is C14H16O. The first-order chi connectivity index (χ1) is 7.25. The average Bonchev–Trinajstić information content (AvgIpc) is 2.89. The molecule has 4 rings (SSSR count). The highest BCUT2D eigenvalue weighted by Gasteiger charge is 2.70. The quantitative estimate of drug-likeness (QED) is 0.676. The largest absolute Gasteiger partial charge is 0.361 e. The van der Waals surface area contributed by atoms with Gasteiger partial charge in [-0.2, -0.15) is 0 Å². The molecule has 1 saturated heterocycles. The normalized spacial score (nSPS) is 44.3. The maximum Gasteiger partial charge on any atom is 0.0997 e. The van der Waals surface area contributed by atoms with Gasteiger partial charge >= 0.3 is 0 Å². The molecule has 2 aliphatic heterocycles. The lowest BCUT2D eigenvalue weighted by atomic mass is 9.75. The van der Waals surface area contributed by atoms with E-state index in [1.54, 1.807) is 0 Å². The van der Waals surface area contributed by atoms with Gasteiger partial charge in [0.2, 0.25) is 0 Å². The van der Waals surface area contributed by atoms with E-state index in [2.05, 4.69) is 38.1 Å². The van der Waals surface area contributed by atoms with Crippen LogP contribution in [0.25, 0.3) is 0 Å². The maximum atomic E-state index is 6.35. The highest BCUT2D eigenvalue weighted by molar-refractivity contribution is 5.46. The summed E-state index contributed by atoms with van der Waals surface area (Å²) in [7, 11) is 0. The topological polar surface area (TPSA) is 9.23 Å². The molecule has 1 aliphatic carbocycles. The van der Waals surface area contributed by atoms with E-state index in [1.165, 1.54) is 17.5 Å². The maximum absolute atomic E-state index is 6.35. The number of hydrogen-bond acceptors (Lipinski definition) is 1. The van der Waals surface area contributed by atoms with Crippen molar-refractivity contribution in [1.29, 1.82) is 0 Å². The van der Waals surface area contributed by atoms with Crippen molar-refractivity contribution < 1.29 is 4.74 Å². The van der Waals surface area contributed by atoms with Crippen LogP contribution in [0.3, 0.4) is 0 Å². The summed E-state index contributed by atoms with van der Waals surface area (Å²) in [5.41, 5.74) is 3.04.